The van der Waals surface area contributed by atoms with Gasteiger partial charge in [-0.15, -0.1) is 0 Å². The summed E-state index contributed by atoms with van der Waals surface area (Å²) in [6.07, 6.45) is 0. The molecule has 0 fully saturated rings. The molecule has 21 heavy (non-hydrogen) atoms. The zero-order valence-corrected chi connectivity index (χ0v) is 10.5. The summed E-state index contributed by atoms with van der Waals surface area (Å²) in [6.45, 7) is 0. The smallest absolute Gasteiger partial charge is 0.336 e. The van der Waals surface area contributed by atoms with Gasteiger partial charge in [-0.25, -0.2) is 9.59 Å². The van der Waals surface area contributed by atoms with Crippen LogP contribution in [0.1, 0.15) is 20.7 Å². The van der Waals surface area contributed by atoms with Crippen molar-refractivity contribution in [2.24, 2.45) is 0 Å². The van der Waals surface area contributed by atoms with Gasteiger partial charge in [0.05, 0.1) is 16.1 Å². The molecule has 0 saturated carbocycles. The van der Waals surface area contributed by atoms with Gasteiger partial charge in [-0.05, 0) is 23.3 Å². The van der Waals surface area contributed by atoms with Crippen molar-refractivity contribution in [1.29, 1.82) is 0 Å². The summed E-state index contributed by atoms with van der Waals surface area (Å²) < 4.78 is 0. The van der Waals surface area contributed by atoms with Crippen LogP contribution in [0.4, 0.5) is 5.69 Å². The lowest BCUT2D eigenvalue weighted by Gasteiger charge is -2.07. The highest BCUT2D eigenvalue weighted by Gasteiger charge is 2.16. The molecule has 0 amide bonds. The maximum Gasteiger partial charge on any atom is 0.336 e. The zero-order chi connectivity index (χ0) is 15.6. The van der Waals surface area contributed by atoms with Crippen LogP contribution in [0.2, 0.25) is 0 Å². The maximum absolute atomic E-state index is 11.3. The first kappa shape index (κ1) is 14.2. The molecule has 7 nitrogen and oxygen atoms in total. The molecular formula is C14H9NO6. The summed E-state index contributed by atoms with van der Waals surface area (Å²) >= 11 is 0. The predicted octanol–water partition coefficient (Wildman–Crippen LogP) is 2.66. The molecule has 0 spiro atoms. The van der Waals surface area contributed by atoms with Crippen molar-refractivity contribution in [3.05, 3.63) is 63.7 Å². The molecule has 2 aromatic carbocycles. The highest BCUT2D eigenvalue weighted by Crippen LogP contribution is 2.28. The Morgan fingerprint density at radius 2 is 1.71 bits per heavy atom. The molecule has 2 N–H and O–H groups in total. The summed E-state index contributed by atoms with van der Waals surface area (Å²) in [5, 5.41) is 28.8. The van der Waals surface area contributed by atoms with E-state index in [4.69, 9.17) is 5.11 Å². The van der Waals surface area contributed by atoms with Crippen LogP contribution in [0.25, 0.3) is 11.1 Å². The lowest BCUT2D eigenvalue weighted by atomic mass is 9.97. The van der Waals surface area contributed by atoms with E-state index in [2.05, 4.69) is 0 Å². The van der Waals surface area contributed by atoms with Crippen molar-refractivity contribution in [1.82, 2.24) is 0 Å². The number of hydrogen-bond acceptors (Lipinski definition) is 4. The average Bonchev–Trinajstić information content (AvgIpc) is 2.46. The van der Waals surface area contributed by atoms with E-state index in [1.54, 1.807) is 0 Å². The first-order chi connectivity index (χ1) is 9.90. The van der Waals surface area contributed by atoms with Crippen LogP contribution >= 0.6 is 0 Å². The summed E-state index contributed by atoms with van der Waals surface area (Å²) in [5.41, 5.74) is -0.0159. The number of nitro benzene ring substituents is 1. The molecule has 0 aliphatic rings. The number of nitrogens with zero attached hydrogens (tertiary/aromatic N) is 1. The molecule has 0 bridgehead atoms. The predicted molar refractivity (Wildman–Crippen MR) is 72.5 cm³/mol. The fourth-order valence-electron chi connectivity index (χ4n) is 1.89. The van der Waals surface area contributed by atoms with Crippen LogP contribution in [-0.2, 0) is 0 Å². The maximum atomic E-state index is 11.3. The third kappa shape index (κ3) is 2.86. The Bertz CT molecular complexity index is 753. The molecule has 0 unspecified atom stereocenters. The number of carboxylic acids is 2. The van der Waals surface area contributed by atoms with Gasteiger partial charge in [0.15, 0.2) is 0 Å². The number of carbonyl (C=O) groups is 2. The lowest BCUT2D eigenvalue weighted by Crippen LogP contribution is -2.04. The van der Waals surface area contributed by atoms with E-state index >= 15 is 0 Å². The zero-order valence-electron chi connectivity index (χ0n) is 10.5. The van der Waals surface area contributed by atoms with Gasteiger partial charge < -0.3 is 10.2 Å². The fraction of sp³-hybridized carbons (Fsp3) is 0. The SMILES string of the molecule is O=C(O)c1ccc(-c2cccc([N+](=O)[O-])c2)c(C(=O)O)c1. The van der Waals surface area contributed by atoms with Gasteiger partial charge in [0.2, 0.25) is 0 Å². The molecule has 0 aliphatic heterocycles. The van der Waals surface area contributed by atoms with Crippen molar-refractivity contribution in [2.45, 2.75) is 0 Å². The van der Waals surface area contributed by atoms with Crippen molar-refractivity contribution in [2.75, 3.05) is 0 Å². The number of hydrogen-bond donors (Lipinski definition) is 2. The molecule has 0 aliphatic carbocycles. The van der Waals surface area contributed by atoms with Gasteiger partial charge in [-0.2, -0.15) is 0 Å². The molecular weight excluding hydrogens is 278 g/mol. The van der Waals surface area contributed by atoms with Gasteiger partial charge in [0.1, 0.15) is 0 Å². The van der Waals surface area contributed by atoms with Crippen molar-refractivity contribution in [3.63, 3.8) is 0 Å². The van der Waals surface area contributed by atoms with Gasteiger partial charge >= 0.3 is 11.9 Å². The van der Waals surface area contributed by atoms with E-state index in [1.807, 2.05) is 0 Å². The minimum absolute atomic E-state index is 0.165. The summed E-state index contributed by atoms with van der Waals surface area (Å²) in [6, 6.07) is 9.09. The number of aromatic carboxylic acids is 2. The molecule has 0 heterocycles. The highest BCUT2D eigenvalue weighted by molar-refractivity contribution is 5.99. The summed E-state index contributed by atoms with van der Waals surface area (Å²) in [7, 11) is 0. The Hall–Kier alpha value is -3.22. The van der Waals surface area contributed by atoms with Crippen LogP contribution in [0.5, 0.6) is 0 Å². The van der Waals surface area contributed by atoms with E-state index < -0.39 is 16.9 Å². The van der Waals surface area contributed by atoms with E-state index in [9.17, 15) is 24.8 Å². The Morgan fingerprint density at radius 1 is 1.00 bits per heavy atom. The second-order valence-corrected chi connectivity index (χ2v) is 4.18. The second-order valence-electron chi connectivity index (χ2n) is 4.18. The van der Waals surface area contributed by atoms with Crippen LogP contribution in [-0.4, -0.2) is 27.1 Å². The molecule has 0 radical (unpaired) electrons. The van der Waals surface area contributed by atoms with E-state index in [0.717, 1.165) is 6.07 Å². The van der Waals surface area contributed by atoms with E-state index in [0.29, 0.717) is 5.56 Å². The number of nitro groups is 1. The molecule has 0 aromatic heterocycles. The normalized spacial score (nSPS) is 10.1. The summed E-state index contributed by atoms with van der Waals surface area (Å²) in [5.74, 6) is -2.55. The van der Waals surface area contributed by atoms with Gasteiger partial charge in [0.25, 0.3) is 5.69 Å². The van der Waals surface area contributed by atoms with Gasteiger partial charge in [-0.3, -0.25) is 10.1 Å². The van der Waals surface area contributed by atoms with Gasteiger partial charge in [0, 0.05) is 12.1 Å². The molecule has 106 valence electrons. The van der Waals surface area contributed by atoms with Crippen molar-refractivity contribution >= 4 is 17.6 Å². The van der Waals surface area contributed by atoms with Crippen LogP contribution in [0.15, 0.2) is 42.5 Å². The fourth-order valence-corrected chi connectivity index (χ4v) is 1.89. The molecule has 0 atom stereocenters. The Morgan fingerprint density at radius 3 is 2.29 bits per heavy atom. The number of rotatable bonds is 4. The first-order valence-corrected chi connectivity index (χ1v) is 5.75. The quantitative estimate of drug-likeness (QED) is 0.659. The highest BCUT2D eigenvalue weighted by atomic mass is 16.6. The number of carboxylic acid groups (broad SMARTS) is 2. The standard InChI is InChI=1S/C14H9NO6/c16-13(17)9-4-5-11(12(7-9)14(18)19)8-2-1-3-10(6-8)15(20)21/h1-7H,(H,16,17)(H,18,19). The van der Waals surface area contributed by atoms with Crippen molar-refractivity contribution in [3.8, 4) is 11.1 Å². The molecule has 2 aromatic rings. The van der Waals surface area contributed by atoms with Crippen molar-refractivity contribution < 1.29 is 24.7 Å². The van der Waals surface area contributed by atoms with E-state index in [-0.39, 0.29) is 22.4 Å². The van der Waals surface area contributed by atoms with Crippen LogP contribution < -0.4 is 0 Å². The minimum Gasteiger partial charge on any atom is -0.478 e. The minimum atomic E-state index is -1.31. The van der Waals surface area contributed by atoms with E-state index in [1.165, 1.54) is 36.4 Å². The summed E-state index contributed by atoms with van der Waals surface area (Å²) in [4.78, 5) is 32.3. The lowest BCUT2D eigenvalue weighted by molar-refractivity contribution is -0.384. The number of benzene rings is 2. The molecule has 0 saturated heterocycles. The number of non-ortho nitro benzene ring substituents is 1. The Labute approximate surface area is 118 Å². The molecule has 2 rings (SSSR count). The third-order valence-corrected chi connectivity index (χ3v) is 2.86. The second kappa shape index (κ2) is 5.41. The average molecular weight is 287 g/mol. The van der Waals surface area contributed by atoms with Crippen LogP contribution in [0.3, 0.4) is 0 Å². The van der Waals surface area contributed by atoms with Gasteiger partial charge in [-0.1, -0.05) is 18.2 Å². The third-order valence-electron chi connectivity index (χ3n) is 2.86. The van der Waals surface area contributed by atoms with Crippen LogP contribution in [0, 0.1) is 10.1 Å². The topological polar surface area (TPSA) is 118 Å². The Balaban J connectivity index is 2.63. The monoisotopic (exact) mass is 287 g/mol. The largest absolute Gasteiger partial charge is 0.478 e. The Kier molecular flexibility index (Phi) is 3.66. The molecule has 7 heteroatoms. The first-order valence-electron chi connectivity index (χ1n) is 5.75.